The zero-order valence-electron chi connectivity index (χ0n) is 11.5. The molecule has 2 N–H and O–H groups in total. The Labute approximate surface area is 108 Å². The number of rotatable bonds is 8. The molecule has 1 rings (SSSR count). The van der Waals surface area contributed by atoms with Crippen LogP contribution in [0.4, 0.5) is 0 Å². The molecule has 0 fully saturated rings. The van der Waals surface area contributed by atoms with Crippen molar-refractivity contribution in [2.45, 2.75) is 52.6 Å². The summed E-state index contributed by atoms with van der Waals surface area (Å²) < 4.78 is 5.46. The summed E-state index contributed by atoms with van der Waals surface area (Å²) in [5, 5.41) is 5.98. The molecular formula is C13H23N3O2. The summed E-state index contributed by atoms with van der Waals surface area (Å²) >= 11 is 0. The number of aromatic nitrogens is 1. The van der Waals surface area contributed by atoms with Gasteiger partial charge in [-0.05, 0) is 13.3 Å². The molecule has 0 saturated carbocycles. The van der Waals surface area contributed by atoms with Crippen LogP contribution >= 0.6 is 0 Å². The van der Waals surface area contributed by atoms with E-state index in [4.69, 9.17) is 4.42 Å². The smallest absolute Gasteiger partial charge is 0.236 e. The molecule has 1 aromatic heterocycles. The van der Waals surface area contributed by atoms with Gasteiger partial charge in [-0.1, -0.05) is 20.3 Å². The second kappa shape index (κ2) is 7.87. The Kier molecular flexibility index (Phi) is 6.43. The van der Waals surface area contributed by atoms with Gasteiger partial charge in [0.05, 0.1) is 18.8 Å². The molecule has 0 aliphatic heterocycles. The van der Waals surface area contributed by atoms with Crippen molar-refractivity contribution in [2.24, 2.45) is 0 Å². The third kappa shape index (κ3) is 4.87. The Morgan fingerprint density at radius 1 is 1.50 bits per heavy atom. The van der Waals surface area contributed by atoms with Gasteiger partial charge in [-0.15, -0.1) is 0 Å². The number of carbonyl (C=O) groups is 1. The van der Waals surface area contributed by atoms with Crippen LogP contribution in [0.5, 0.6) is 0 Å². The number of unbranched alkanes of at least 4 members (excludes halogenated alkanes) is 1. The quantitative estimate of drug-likeness (QED) is 0.691. The summed E-state index contributed by atoms with van der Waals surface area (Å²) in [6.07, 6.45) is 4.65. The zero-order chi connectivity index (χ0) is 13.4. The maximum atomic E-state index is 11.7. The zero-order valence-corrected chi connectivity index (χ0v) is 11.5. The Hall–Kier alpha value is -1.36. The van der Waals surface area contributed by atoms with Crippen LogP contribution in [0.25, 0.3) is 0 Å². The molecule has 1 aromatic rings. The number of carbonyl (C=O) groups excluding carboxylic acids is 1. The molecular weight excluding hydrogens is 230 g/mol. The molecule has 5 heteroatoms. The highest BCUT2D eigenvalue weighted by atomic mass is 16.4. The standard InChI is InChI=1S/C13H23N3O2/c1-4-6-7-14-13(17)10(3)15-9-12-16-8-11(5-2)18-12/h8,10,15H,4-7,9H2,1-3H3,(H,14,17). The number of aryl methyl sites for hydroxylation is 1. The van der Waals surface area contributed by atoms with E-state index in [0.29, 0.717) is 12.4 Å². The number of nitrogens with zero attached hydrogens (tertiary/aromatic N) is 1. The van der Waals surface area contributed by atoms with Crippen molar-refractivity contribution >= 4 is 5.91 Å². The molecule has 0 aliphatic carbocycles. The van der Waals surface area contributed by atoms with Crippen molar-refractivity contribution < 1.29 is 9.21 Å². The highest BCUT2D eigenvalue weighted by Gasteiger charge is 2.12. The van der Waals surface area contributed by atoms with E-state index in [1.165, 1.54) is 0 Å². The lowest BCUT2D eigenvalue weighted by molar-refractivity contribution is -0.122. The van der Waals surface area contributed by atoms with Crippen molar-refractivity contribution in [3.05, 3.63) is 17.8 Å². The van der Waals surface area contributed by atoms with E-state index in [0.717, 1.165) is 31.6 Å². The van der Waals surface area contributed by atoms with Gasteiger partial charge in [0.1, 0.15) is 5.76 Å². The van der Waals surface area contributed by atoms with Crippen LogP contribution in [0.2, 0.25) is 0 Å². The fraction of sp³-hybridized carbons (Fsp3) is 0.692. The molecule has 0 radical (unpaired) electrons. The first-order chi connectivity index (χ1) is 8.67. The maximum absolute atomic E-state index is 11.7. The van der Waals surface area contributed by atoms with E-state index in [1.807, 2.05) is 13.8 Å². The molecule has 0 bridgehead atoms. The SMILES string of the molecule is CCCCNC(=O)C(C)NCc1ncc(CC)o1. The average molecular weight is 253 g/mol. The number of nitrogens with one attached hydrogen (secondary N) is 2. The van der Waals surface area contributed by atoms with Crippen molar-refractivity contribution in [2.75, 3.05) is 6.54 Å². The molecule has 0 aromatic carbocycles. The average Bonchev–Trinajstić information content (AvgIpc) is 2.84. The fourth-order valence-corrected chi connectivity index (χ4v) is 1.47. The van der Waals surface area contributed by atoms with Gasteiger partial charge in [-0.2, -0.15) is 0 Å². The molecule has 1 atom stereocenters. The second-order valence-corrected chi connectivity index (χ2v) is 4.32. The van der Waals surface area contributed by atoms with Crippen LogP contribution < -0.4 is 10.6 Å². The van der Waals surface area contributed by atoms with Crippen molar-refractivity contribution in [1.29, 1.82) is 0 Å². The first kappa shape index (κ1) is 14.7. The maximum Gasteiger partial charge on any atom is 0.236 e. The molecule has 1 amide bonds. The Morgan fingerprint density at radius 2 is 2.28 bits per heavy atom. The monoisotopic (exact) mass is 253 g/mol. The normalized spacial score (nSPS) is 12.4. The second-order valence-electron chi connectivity index (χ2n) is 4.32. The van der Waals surface area contributed by atoms with Crippen LogP contribution in [-0.4, -0.2) is 23.5 Å². The van der Waals surface area contributed by atoms with Gasteiger partial charge in [-0.25, -0.2) is 4.98 Å². The van der Waals surface area contributed by atoms with Gasteiger partial charge in [0.15, 0.2) is 0 Å². The third-order valence-corrected chi connectivity index (χ3v) is 2.73. The van der Waals surface area contributed by atoms with Gasteiger partial charge in [0.2, 0.25) is 11.8 Å². The van der Waals surface area contributed by atoms with E-state index in [-0.39, 0.29) is 11.9 Å². The fourth-order valence-electron chi connectivity index (χ4n) is 1.47. The summed E-state index contributed by atoms with van der Waals surface area (Å²) in [5.74, 6) is 1.51. The highest BCUT2D eigenvalue weighted by Crippen LogP contribution is 2.03. The summed E-state index contributed by atoms with van der Waals surface area (Å²) in [6.45, 7) is 7.16. The number of oxazole rings is 1. The van der Waals surface area contributed by atoms with Crippen molar-refractivity contribution in [1.82, 2.24) is 15.6 Å². The van der Waals surface area contributed by atoms with Gasteiger partial charge >= 0.3 is 0 Å². The van der Waals surface area contributed by atoms with Gasteiger partial charge in [-0.3, -0.25) is 10.1 Å². The van der Waals surface area contributed by atoms with Gasteiger partial charge in [0.25, 0.3) is 0 Å². The minimum atomic E-state index is -0.237. The topological polar surface area (TPSA) is 67.2 Å². The molecule has 0 aliphatic rings. The molecule has 5 nitrogen and oxygen atoms in total. The van der Waals surface area contributed by atoms with Crippen LogP contribution in [0.15, 0.2) is 10.6 Å². The van der Waals surface area contributed by atoms with Crippen LogP contribution in [0, 0.1) is 0 Å². The first-order valence-electron chi connectivity index (χ1n) is 6.62. The summed E-state index contributed by atoms with van der Waals surface area (Å²) in [6, 6.07) is -0.237. The minimum absolute atomic E-state index is 0.0192. The van der Waals surface area contributed by atoms with Crippen LogP contribution in [0.1, 0.15) is 45.3 Å². The Morgan fingerprint density at radius 3 is 2.89 bits per heavy atom. The molecule has 18 heavy (non-hydrogen) atoms. The highest BCUT2D eigenvalue weighted by molar-refractivity contribution is 5.81. The summed E-state index contributed by atoms with van der Waals surface area (Å²) in [7, 11) is 0. The predicted molar refractivity (Wildman–Crippen MR) is 70.1 cm³/mol. The lowest BCUT2D eigenvalue weighted by Crippen LogP contribution is -2.42. The number of amides is 1. The first-order valence-corrected chi connectivity index (χ1v) is 6.62. The van der Waals surface area contributed by atoms with E-state index in [2.05, 4.69) is 22.5 Å². The number of hydrogen-bond acceptors (Lipinski definition) is 4. The van der Waals surface area contributed by atoms with E-state index >= 15 is 0 Å². The van der Waals surface area contributed by atoms with E-state index in [1.54, 1.807) is 6.20 Å². The van der Waals surface area contributed by atoms with E-state index in [9.17, 15) is 4.79 Å². The lowest BCUT2D eigenvalue weighted by Gasteiger charge is -2.12. The minimum Gasteiger partial charge on any atom is -0.444 e. The Balaban J connectivity index is 2.27. The van der Waals surface area contributed by atoms with Crippen molar-refractivity contribution in [3.63, 3.8) is 0 Å². The molecule has 102 valence electrons. The van der Waals surface area contributed by atoms with Gasteiger partial charge in [0, 0.05) is 13.0 Å². The molecule has 1 heterocycles. The van der Waals surface area contributed by atoms with Crippen LogP contribution in [-0.2, 0) is 17.8 Å². The van der Waals surface area contributed by atoms with E-state index < -0.39 is 0 Å². The molecule has 0 saturated heterocycles. The lowest BCUT2D eigenvalue weighted by atomic mass is 10.3. The largest absolute Gasteiger partial charge is 0.444 e. The third-order valence-electron chi connectivity index (χ3n) is 2.73. The van der Waals surface area contributed by atoms with Crippen LogP contribution in [0.3, 0.4) is 0 Å². The summed E-state index contributed by atoms with van der Waals surface area (Å²) in [5.41, 5.74) is 0. The van der Waals surface area contributed by atoms with Gasteiger partial charge < -0.3 is 9.73 Å². The number of hydrogen-bond donors (Lipinski definition) is 2. The summed E-state index contributed by atoms with van der Waals surface area (Å²) in [4.78, 5) is 15.8. The predicted octanol–water partition coefficient (Wildman–Crippen LogP) is 1.63. The molecule has 0 spiro atoms. The van der Waals surface area contributed by atoms with Crippen molar-refractivity contribution in [3.8, 4) is 0 Å². The molecule has 1 unspecified atom stereocenters. The Bertz CT molecular complexity index is 363.